The van der Waals surface area contributed by atoms with Crippen LogP contribution in [0, 0.1) is 12.3 Å². The number of aryl methyl sites for hydroxylation is 2. The van der Waals surface area contributed by atoms with Gasteiger partial charge in [0.05, 0.1) is 18.4 Å². The maximum atomic E-state index is 9.60. The summed E-state index contributed by atoms with van der Waals surface area (Å²) in [6.45, 7) is 7.48. The first-order chi connectivity index (χ1) is 9.55. The van der Waals surface area contributed by atoms with E-state index in [1.165, 1.54) is 5.56 Å². The average Bonchev–Trinajstić information content (AvgIpc) is 2.74. The molecule has 0 unspecified atom stereocenters. The van der Waals surface area contributed by atoms with Crippen molar-refractivity contribution in [2.45, 2.75) is 39.7 Å². The second kappa shape index (κ2) is 6.14. The lowest BCUT2D eigenvalue weighted by atomic mass is 9.77. The molecule has 0 aliphatic carbocycles. The Morgan fingerprint density at radius 1 is 1.35 bits per heavy atom. The topological polar surface area (TPSA) is 50.5 Å². The number of likely N-dealkylation sites (tertiary alicyclic amines) is 1. The molecule has 0 bridgehead atoms. The fraction of sp³-hybridized carbons (Fsp3) is 0.800. The van der Waals surface area contributed by atoms with E-state index in [0.717, 1.165) is 50.5 Å². The fourth-order valence-electron chi connectivity index (χ4n) is 3.15. The minimum absolute atomic E-state index is 0.143. The molecule has 5 heteroatoms. The minimum Gasteiger partial charge on any atom is -0.481 e. The van der Waals surface area contributed by atoms with Crippen molar-refractivity contribution in [3.05, 3.63) is 11.3 Å². The van der Waals surface area contributed by atoms with Gasteiger partial charge in [0.1, 0.15) is 0 Å². The Labute approximate surface area is 121 Å². The van der Waals surface area contributed by atoms with Gasteiger partial charge >= 0.3 is 0 Å². The van der Waals surface area contributed by atoms with Crippen LogP contribution in [-0.2, 0) is 13.6 Å². The van der Waals surface area contributed by atoms with Crippen LogP contribution in [0.1, 0.15) is 37.4 Å². The van der Waals surface area contributed by atoms with Gasteiger partial charge in [-0.1, -0.05) is 6.92 Å². The van der Waals surface area contributed by atoms with Crippen LogP contribution in [0.25, 0.3) is 0 Å². The molecule has 0 amide bonds. The summed E-state index contributed by atoms with van der Waals surface area (Å²) in [6.07, 6.45) is 3.20. The average molecular weight is 281 g/mol. The summed E-state index contributed by atoms with van der Waals surface area (Å²) in [5.41, 5.74) is 2.37. The molecule has 1 aliphatic heterocycles. The smallest absolute Gasteiger partial charge is 0.216 e. The van der Waals surface area contributed by atoms with Crippen LogP contribution in [0.4, 0.5) is 0 Å². The first-order valence-corrected chi connectivity index (χ1v) is 7.45. The fourth-order valence-corrected chi connectivity index (χ4v) is 3.15. The Kier molecular flexibility index (Phi) is 4.70. The van der Waals surface area contributed by atoms with Gasteiger partial charge in [-0.05, 0) is 44.7 Å². The van der Waals surface area contributed by atoms with Gasteiger partial charge in [0, 0.05) is 20.2 Å². The van der Waals surface area contributed by atoms with E-state index in [9.17, 15) is 5.11 Å². The van der Waals surface area contributed by atoms with E-state index in [4.69, 9.17) is 4.74 Å². The molecular weight excluding hydrogens is 254 g/mol. The van der Waals surface area contributed by atoms with Crippen molar-refractivity contribution in [1.29, 1.82) is 0 Å². The summed E-state index contributed by atoms with van der Waals surface area (Å²) in [7, 11) is 3.61. The Hall–Kier alpha value is -1.07. The first-order valence-electron chi connectivity index (χ1n) is 7.45. The zero-order valence-corrected chi connectivity index (χ0v) is 13.1. The third-order valence-corrected chi connectivity index (χ3v) is 4.87. The van der Waals surface area contributed by atoms with Gasteiger partial charge in [-0.25, -0.2) is 4.68 Å². The number of ether oxygens (including phenoxy) is 1. The van der Waals surface area contributed by atoms with E-state index in [-0.39, 0.29) is 5.41 Å². The summed E-state index contributed by atoms with van der Waals surface area (Å²) in [5, 5.41) is 14.0. The van der Waals surface area contributed by atoms with Gasteiger partial charge < -0.3 is 9.84 Å². The molecular formula is C15H27N3O2. The van der Waals surface area contributed by atoms with Crippen LogP contribution in [-0.4, -0.2) is 46.6 Å². The van der Waals surface area contributed by atoms with Crippen molar-refractivity contribution < 1.29 is 9.84 Å². The van der Waals surface area contributed by atoms with Crippen molar-refractivity contribution in [2.75, 3.05) is 26.8 Å². The Balaban J connectivity index is 2.03. The predicted octanol–water partition coefficient (Wildman–Crippen LogP) is 1.72. The highest BCUT2D eigenvalue weighted by Crippen LogP contribution is 2.35. The molecule has 1 fully saturated rings. The highest BCUT2D eigenvalue weighted by Gasteiger charge is 2.32. The number of hydrogen-bond donors (Lipinski definition) is 1. The number of rotatable bonds is 5. The zero-order valence-electron chi connectivity index (χ0n) is 13.1. The molecule has 0 aromatic carbocycles. The molecule has 1 saturated heterocycles. The third kappa shape index (κ3) is 2.83. The SMILES string of the molecule is CCC1(CO)CCN(Cc2c(C)nn(C)c2OC)CC1. The van der Waals surface area contributed by atoms with Gasteiger partial charge in [0.2, 0.25) is 5.88 Å². The van der Waals surface area contributed by atoms with Gasteiger partial charge in [0.25, 0.3) is 0 Å². The minimum atomic E-state index is 0.143. The molecule has 0 radical (unpaired) electrons. The number of hydrogen-bond acceptors (Lipinski definition) is 4. The number of nitrogens with zero attached hydrogens (tertiary/aromatic N) is 3. The van der Waals surface area contributed by atoms with Crippen molar-refractivity contribution in [3.8, 4) is 5.88 Å². The molecule has 1 N–H and O–H groups in total. The van der Waals surface area contributed by atoms with Crippen molar-refractivity contribution in [1.82, 2.24) is 14.7 Å². The lowest BCUT2D eigenvalue weighted by Gasteiger charge is -2.40. The van der Waals surface area contributed by atoms with E-state index in [2.05, 4.69) is 16.9 Å². The van der Waals surface area contributed by atoms with Crippen molar-refractivity contribution in [3.63, 3.8) is 0 Å². The van der Waals surface area contributed by atoms with E-state index >= 15 is 0 Å². The lowest BCUT2D eigenvalue weighted by Crippen LogP contribution is -2.41. The van der Waals surface area contributed by atoms with Gasteiger partial charge in [-0.15, -0.1) is 0 Å². The summed E-state index contributed by atoms with van der Waals surface area (Å²) in [4.78, 5) is 2.44. The quantitative estimate of drug-likeness (QED) is 0.893. The highest BCUT2D eigenvalue weighted by atomic mass is 16.5. The van der Waals surface area contributed by atoms with Gasteiger partial charge in [0.15, 0.2) is 0 Å². The molecule has 0 atom stereocenters. The first kappa shape index (κ1) is 15.3. The normalized spacial score (nSPS) is 19.2. The summed E-state index contributed by atoms with van der Waals surface area (Å²) < 4.78 is 7.26. The maximum absolute atomic E-state index is 9.60. The van der Waals surface area contributed by atoms with Gasteiger partial charge in [-0.3, -0.25) is 4.90 Å². The number of aliphatic hydroxyl groups excluding tert-OH is 1. The number of methoxy groups -OCH3 is 1. The molecule has 0 spiro atoms. The monoisotopic (exact) mass is 281 g/mol. The molecule has 1 aromatic heterocycles. The van der Waals surface area contributed by atoms with Crippen LogP contribution in [0.2, 0.25) is 0 Å². The Morgan fingerprint density at radius 2 is 2.00 bits per heavy atom. The summed E-state index contributed by atoms with van der Waals surface area (Å²) in [6, 6.07) is 0. The largest absolute Gasteiger partial charge is 0.481 e. The molecule has 114 valence electrons. The summed E-state index contributed by atoms with van der Waals surface area (Å²) in [5.74, 6) is 0.858. The second-order valence-electron chi connectivity index (χ2n) is 5.98. The molecule has 1 aromatic rings. The van der Waals surface area contributed by atoms with E-state index in [1.807, 2.05) is 14.0 Å². The molecule has 2 rings (SSSR count). The lowest BCUT2D eigenvalue weighted by molar-refractivity contribution is 0.0379. The Morgan fingerprint density at radius 3 is 2.50 bits per heavy atom. The number of aliphatic hydroxyl groups is 1. The number of piperidine rings is 1. The van der Waals surface area contributed by atoms with Crippen LogP contribution in [0.5, 0.6) is 5.88 Å². The van der Waals surface area contributed by atoms with E-state index in [0.29, 0.717) is 6.61 Å². The highest BCUT2D eigenvalue weighted by molar-refractivity contribution is 5.30. The molecule has 2 heterocycles. The predicted molar refractivity (Wildman–Crippen MR) is 78.8 cm³/mol. The van der Waals surface area contributed by atoms with Crippen molar-refractivity contribution in [2.24, 2.45) is 12.5 Å². The molecule has 20 heavy (non-hydrogen) atoms. The van der Waals surface area contributed by atoms with Crippen molar-refractivity contribution >= 4 is 0 Å². The molecule has 0 saturated carbocycles. The zero-order chi connectivity index (χ0) is 14.8. The number of aromatic nitrogens is 2. The van der Waals surface area contributed by atoms with E-state index in [1.54, 1.807) is 11.8 Å². The second-order valence-corrected chi connectivity index (χ2v) is 5.98. The summed E-state index contributed by atoms with van der Waals surface area (Å²) >= 11 is 0. The van der Waals surface area contributed by atoms with E-state index < -0.39 is 0 Å². The van der Waals surface area contributed by atoms with Gasteiger partial charge in [-0.2, -0.15) is 5.10 Å². The van der Waals surface area contributed by atoms with Crippen LogP contribution >= 0.6 is 0 Å². The van der Waals surface area contributed by atoms with Crippen LogP contribution in [0.3, 0.4) is 0 Å². The maximum Gasteiger partial charge on any atom is 0.216 e. The van der Waals surface area contributed by atoms with Crippen LogP contribution in [0.15, 0.2) is 0 Å². The third-order valence-electron chi connectivity index (χ3n) is 4.87. The molecule has 5 nitrogen and oxygen atoms in total. The molecule has 1 aliphatic rings. The standard InChI is InChI=1S/C15H27N3O2/c1-5-15(11-19)6-8-18(9-7-15)10-13-12(2)16-17(3)14(13)20-4/h19H,5-11H2,1-4H3. The van der Waals surface area contributed by atoms with Crippen LogP contribution < -0.4 is 4.74 Å². The Bertz CT molecular complexity index is 442.